The molecule has 0 aliphatic rings. The molecule has 0 bridgehead atoms. The van der Waals surface area contributed by atoms with Gasteiger partial charge in [0.25, 0.3) is 0 Å². The van der Waals surface area contributed by atoms with Gasteiger partial charge in [-0.25, -0.2) is 0 Å². The summed E-state index contributed by atoms with van der Waals surface area (Å²) in [6.45, 7) is 2.37. The van der Waals surface area contributed by atoms with Crippen LogP contribution in [0.4, 0.5) is 5.69 Å². The molecule has 0 radical (unpaired) electrons. The van der Waals surface area contributed by atoms with E-state index in [1.165, 1.54) is 4.90 Å². The Labute approximate surface area is 95.3 Å². The van der Waals surface area contributed by atoms with Gasteiger partial charge >= 0.3 is 0 Å². The van der Waals surface area contributed by atoms with E-state index in [4.69, 9.17) is 0 Å². The van der Waals surface area contributed by atoms with E-state index in [2.05, 4.69) is 5.32 Å². The molecular weight excluding hydrogens is 204 g/mol. The SMILES string of the molecule is CCNC(=O)CC(=O)N(C)c1ccccc1. The number of carbonyl (C=O) groups is 2. The van der Waals surface area contributed by atoms with Crippen LogP contribution in [0, 0.1) is 0 Å². The summed E-state index contributed by atoms with van der Waals surface area (Å²) in [6, 6.07) is 9.24. The third-order valence-electron chi connectivity index (χ3n) is 2.20. The predicted molar refractivity (Wildman–Crippen MR) is 63.2 cm³/mol. The molecule has 1 aromatic rings. The van der Waals surface area contributed by atoms with Crippen LogP contribution in [0.3, 0.4) is 0 Å². The average Bonchev–Trinajstić information content (AvgIpc) is 2.29. The molecule has 0 fully saturated rings. The maximum absolute atomic E-state index is 11.7. The first kappa shape index (κ1) is 12.2. The van der Waals surface area contributed by atoms with Gasteiger partial charge in [-0.3, -0.25) is 9.59 Å². The maximum atomic E-state index is 11.7. The molecule has 0 unspecified atom stereocenters. The van der Waals surface area contributed by atoms with E-state index in [1.807, 2.05) is 37.3 Å². The van der Waals surface area contributed by atoms with Crippen molar-refractivity contribution in [1.29, 1.82) is 0 Å². The van der Waals surface area contributed by atoms with Crippen LogP contribution in [0.25, 0.3) is 0 Å². The lowest BCUT2D eigenvalue weighted by Crippen LogP contribution is -2.33. The van der Waals surface area contributed by atoms with Crippen molar-refractivity contribution in [2.45, 2.75) is 13.3 Å². The molecule has 86 valence electrons. The fraction of sp³-hybridized carbons (Fsp3) is 0.333. The third-order valence-corrected chi connectivity index (χ3v) is 2.20. The van der Waals surface area contributed by atoms with Crippen molar-refractivity contribution in [3.63, 3.8) is 0 Å². The van der Waals surface area contributed by atoms with Gasteiger partial charge in [-0.2, -0.15) is 0 Å². The summed E-state index contributed by atoms with van der Waals surface area (Å²) in [5.41, 5.74) is 0.789. The second-order valence-electron chi connectivity index (χ2n) is 3.42. The van der Waals surface area contributed by atoms with Crippen molar-refractivity contribution >= 4 is 17.5 Å². The zero-order valence-corrected chi connectivity index (χ0v) is 9.56. The van der Waals surface area contributed by atoms with Crippen LogP contribution in [-0.4, -0.2) is 25.4 Å². The molecule has 0 saturated heterocycles. The molecule has 16 heavy (non-hydrogen) atoms. The second-order valence-corrected chi connectivity index (χ2v) is 3.42. The first-order valence-corrected chi connectivity index (χ1v) is 5.23. The highest BCUT2D eigenvalue weighted by Gasteiger charge is 2.14. The average molecular weight is 220 g/mol. The van der Waals surface area contributed by atoms with Crippen LogP contribution < -0.4 is 10.2 Å². The largest absolute Gasteiger partial charge is 0.356 e. The van der Waals surface area contributed by atoms with E-state index in [-0.39, 0.29) is 18.2 Å². The number of carbonyl (C=O) groups excluding carboxylic acids is 2. The number of anilines is 1. The third kappa shape index (κ3) is 3.38. The van der Waals surface area contributed by atoms with Crippen LogP contribution in [-0.2, 0) is 9.59 Å². The van der Waals surface area contributed by atoms with Gasteiger partial charge in [-0.1, -0.05) is 18.2 Å². The highest BCUT2D eigenvalue weighted by molar-refractivity contribution is 6.04. The van der Waals surface area contributed by atoms with Gasteiger partial charge in [0, 0.05) is 19.3 Å². The number of rotatable bonds is 4. The Bertz CT molecular complexity index is 363. The summed E-state index contributed by atoms with van der Waals surface area (Å²) < 4.78 is 0. The van der Waals surface area contributed by atoms with E-state index in [0.29, 0.717) is 6.54 Å². The minimum Gasteiger partial charge on any atom is -0.356 e. The second kappa shape index (κ2) is 5.90. The van der Waals surface area contributed by atoms with Crippen molar-refractivity contribution < 1.29 is 9.59 Å². The van der Waals surface area contributed by atoms with E-state index < -0.39 is 0 Å². The lowest BCUT2D eigenvalue weighted by Gasteiger charge is -2.16. The Morgan fingerprint density at radius 2 is 1.88 bits per heavy atom. The topological polar surface area (TPSA) is 49.4 Å². The molecule has 0 atom stereocenters. The molecule has 1 aromatic carbocycles. The lowest BCUT2D eigenvalue weighted by molar-refractivity contribution is -0.127. The molecule has 0 spiro atoms. The monoisotopic (exact) mass is 220 g/mol. The Hall–Kier alpha value is -1.84. The number of nitrogens with one attached hydrogen (secondary N) is 1. The highest BCUT2D eigenvalue weighted by Crippen LogP contribution is 2.11. The minimum atomic E-state index is -0.240. The standard InChI is InChI=1S/C12H16N2O2/c1-3-13-11(15)9-12(16)14(2)10-7-5-4-6-8-10/h4-8H,3,9H2,1-2H3,(H,13,15). The summed E-state index contributed by atoms with van der Waals surface area (Å²) in [7, 11) is 1.66. The Morgan fingerprint density at radius 1 is 1.25 bits per heavy atom. The van der Waals surface area contributed by atoms with Crippen molar-refractivity contribution in [2.24, 2.45) is 0 Å². The molecule has 4 heteroatoms. The maximum Gasteiger partial charge on any atom is 0.236 e. The molecule has 1 rings (SSSR count). The number of amides is 2. The van der Waals surface area contributed by atoms with Crippen molar-refractivity contribution in [1.82, 2.24) is 5.32 Å². The van der Waals surface area contributed by atoms with Crippen molar-refractivity contribution in [3.05, 3.63) is 30.3 Å². The highest BCUT2D eigenvalue weighted by atomic mass is 16.2. The van der Waals surface area contributed by atoms with Crippen LogP contribution in [0.5, 0.6) is 0 Å². The Balaban J connectivity index is 2.58. The molecule has 1 N–H and O–H groups in total. The zero-order valence-electron chi connectivity index (χ0n) is 9.56. The molecule has 0 aliphatic heterocycles. The van der Waals surface area contributed by atoms with E-state index in [9.17, 15) is 9.59 Å². The molecule has 0 saturated carbocycles. The van der Waals surface area contributed by atoms with E-state index >= 15 is 0 Å². The smallest absolute Gasteiger partial charge is 0.236 e. The number of nitrogens with zero attached hydrogens (tertiary/aromatic N) is 1. The molecular formula is C12H16N2O2. The summed E-state index contributed by atoms with van der Waals surface area (Å²) in [5.74, 6) is -0.451. The van der Waals surface area contributed by atoms with Crippen LogP contribution in [0.2, 0.25) is 0 Å². The first-order chi connectivity index (χ1) is 7.65. The normalized spacial score (nSPS) is 9.62. The first-order valence-electron chi connectivity index (χ1n) is 5.23. The fourth-order valence-electron chi connectivity index (χ4n) is 1.31. The van der Waals surface area contributed by atoms with Crippen LogP contribution >= 0.6 is 0 Å². The summed E-state index contributed by atoms with van der Waals surface area (Å²) in [6.07, 6.45) is -0.112. The number of hydrogen-bond donors (Lipinski definition) is 1. The lowest BCUT2D eigenvalue weighted by atomic mass is 10.2. The van der Waals surface area contributed by atoms with Gasteiger partial charge in [-0.05, 0) is 19.1 Å². The molecule has 0 aliphatic carbocycles. The Kier molecular flexibility index (Phi) is 4.51. The van der Waals surface area contributed by atoms with Crippen LogP contribution in [0.1, 0.15) is 13.3 Å². The van der Waals surface area contributed by atoms with Crippen LogP contribution in [0.15, 0.2) is 30.3 Å². The summed E-state index contributed by atoms with van der Waals surface area (Å²) in [5, 5.41) is 2.60. The number of benzene rings is 1. The number of hydrogen-bond acceptors (Lipinski definition) is 2. The molecule has 0 aromatic heterocycles. The quantitative estimate of drug-likeness (QED) is 0.774. The summed E-state index contributed by atoms with van der Waals surface area (Å²) >= 11 is 0. The van der Waals surface area contributed by atoms with Gasteiger partial charge in [0.15, 0.2) is 0 Å². The fourth-order valence-corrected chi connectivity index (χ4v) is 1.31. The summed E-state index contributed by atoms with van der Waals surface area (Å²) in [4.78, 5) is 24.4. The van der Waals surface area contributed by atoms with Crippen molar-refractivity contribution in [2.75, 3.05) is 18.5 Å². The number of para-hydroxylation sites is 1. The van der Waals surface area contributed by atoms with Gasteiger partial charge < -0.3 is 10.2 Å². The zero-order chi connectivity index (χ0) is 12.0. The predicted octanol–water partition coefficient (Wildman–Crippen LogP) is 1.18. The van der Waals surface area contributed by atoms with Gasteiger partial charge in [0.1, 0.15) is 6.42 Å². The Morgan fingerprint density at radius 3 is 2.44 bits per heavy atom. The molecule has 2 amide bonds. The van der Waals surface area contributed by atoms with Gasteiger partial charge in [0.05, 0.1) is 0 Å². The minimum absolute atomic E-state index is 0.112. The van der Waals surface area contributed by atoms with Gasteiger partial charge in [0.2, 0.25) is 11.8 Å². The van der Waals surface area contributed by atoms with Gasteiger partial charge in [-0.15, -0.1) is 0 Å². The molecule has 0 heterocycles. The molecule has 4 nitrogen and oxygen atoms in total. The van der Waals surface area contributed by atoms with Crippen molar-refractivity contribution in [3.8, 4) is 0 Å². The van der Waals surface area contributed by atoms with E-state index in [1.54, 1.807) is 7.05 Å². The van der Waals surface area contributed by atoms with E-state index in [0.717, 1.165) is 5.69 Å².